The molecule has 13 heavy (non-hydrogen) atoms. The van der Waals surface area contributed by atoms with Crippen LogP contribution in [0.3, 0.4) is 0 Å². The Bertz CT molecular complexity index is 160. The van der Waals surface area contributed by atoms with Crippen molar-refractivity contribution in [3.8, 4) is 0 Å². The number of hydrogen-bond donors (Lipinski definition) is 1. The zero-order valence-electron chi connectivity index (χ0n) is 8.96. The number of ether oxygens (including phenoxy) is 1. The van der Waals surface area contributed by atoms with Crippen molar-refractivity contribution in [2.24, 2.45) is 5.92 Å². The molecule has 0 aliphatic heterocycles. The van der Waals surface area contributed by atoms with Gasteiger partial charge >= 0.3 is 6.09 Å². The zero-order valence-corrected chi connectivity index (χ0v) is 9.77. The molecule has 0 saturated carbocycles. The van der Waals surface area contributed by atoms with Gasteiger partial charge < -0.3 is 10.1 Å². The van der Waals surface area contributed by atoms with Gasteiger partial charge in [0.1, 0.15) is 0 Å². The minimum atomic E-state index is -0.355. The summed E-state index contributed by atoms with van der Waals surface area (Å²) >= 11 is 1.74. The third-order valence-electron chi connectivity index (χ3n) is 1.47. The minimum absolute atomic E-state index is 0.132. The summed E-state index contributed by atoms with van der Waals surface area (Å²) in [6, 6.07) is 0. The molecular weight excluding hydrogens is 186 g/mol. The summed E-state index contributed by atoms with van der Waals surface area (Å²) in [5, 5.41) is 3.44. The van der Waals surface area contributed by atoms with Crippen LogP contribution in [0.4, 0.5) is 4.79 Å². The van der Waals surface area contributed by atoms with Crippen LogP contribution in [-0.2, 0) is 4.74 Å². The molecule has 0 heterocycles. The Balaban J connectivity index is 4.02. The van der Waals surface area contributed by atoms with E-state index in [0.29, 0.717) is 11.2 Å². The SMILES string of the molecule is COC(=O)NC(SC(C)C)C(C)C. The molecule has 0 rings (SSSR count). The van der Waals surface area contributed by atoms with Crippen molar-refractivity contribution in [2.45, 2.75) is 38.3 Å². The summed E-state index contributed by atoms with van der Waals surface area (Å²) in [6.07, 6.45) is -0.355. The molecule has 3 nitrogen and oxygen atoms in total. The van der Waals surface area contributed by atoms with E-state index >= 15 is 0 Å². The Labute approximate surface area is 84.6 Å². The third-order valence-corrected chi connectivity index (χ3v) is 2.97. The maximum atomic E-state index is 11.0. The van der Waals surface area contributed by atoms with Crippen molar-refractivity contribution in [3.05, 3.63) is 0 Å². The van der Waals surface area contributed by atoms with E-state index in [2.05, 4.69) is 37.7 Å². The van der Waals surface area contributed by atoms with Crippen LogP contribution in [0.25, 0.3) is 0 Å². The van der Waals surface area contributed by atoms with E-state index < -0.39 is 0 Å². The maximum absolute atomic E-state index is 11.0. The summed E-state index contributed by atoms with van der Waals surface area (Å²) in [7, 11) is 1.38. The summed E-state index contributed by atoms with van der Waals surface area (Å²) in [5.74, 6) is 0.409. The molecule has 0 bridgehead atoms. The largest absolute Gasteiger partial charge is 0.453 e. The number of alkyl carbamates (subject to hydrolysis) is 1. The molecule has 1 amide bonds. The summed E-state index contributed by atoms with van der Waals surface area (Å²) in [4.78, 5) is 11.0. The molecule has 0 fully saturated rings. The number of carbonyl (C=O) groups excluding carboxylic acids is 1. The van der Waals surface area contributed by atoms with Crippen molar-refractivity contribution in [1.82, 2.24) is 5.32 Å². The summed E-state index contributed by atoms with van der Waals surface area (Å²) in [5.41, 5.74) is 0. The van der Waals surface area contributed by atoms with Crippen LogP contribution in [-0.4, -0.2) is 23.8 Å². The first-order valence-electron chi connectivity index (χ1n) is 4.47. The van der Waals surface area contributed by atoms with Gasteiger partial charge in [-0.2, -0.15) is 0 Å². The molecule has 1 atom stereocenters. The number of hydrogen-bond acceptors (Lipinski definition) is 3. The monoisotopic (exact) mass is 205 g/mol. The second-order valence-corrected chi connectivity index (χ2v) is 5.21. The molecule has 78 valence electrons. The number of thioether (sulfide) groups is 1. The minimum Gasteiger partial charge on any atom is -0.453 e. The van der Waals surface area contributed by atoms with Crippen LogP contribution in [0.15, 0.2) is 0 Å². The predicted molar refractivity (Wildman–Crippen MR) is 56.9 cm³/mol. The molecule has 4 heteroatoms. The van der Waals surface area contributed by atoms with Gasteiger partial charge in [-0.1, -0.05) is 27.7 Å². The highest BCUT2D eigenvalue weighted by atomic mass is 32.2. The van der Waals surface area contributed by atoms with Gasteiger partial charge in [-0.3, -0.25) is 0 Å². The molecule has 1 N–H and O–H groups in total. The second-order valence-electron chi connectivity index (χ2n) is 3.49. The molecule has 0 saturated heterocycles. The number of carbonyl (C=O) groups is 1. The fourth-order valence-corrected chi connectivity index (χ4v) is 1.89. The average molecular weight is 205 g/mol. The zero-order chi connectivity index (χ0) is 10.4. The maximum Gasteiger partial charge on any atom is 0.407 e. The van der Waals surface area contributed by atoms with Crippen LogP contribution in [0.1, 0.15) is 27.7 Å². The highest BCUT2D eigenvalue weighted by Crippen LogP contribution is 2.21. The normalized spacial score (nSPS) is 13.2. The number of methoxy groups -OCH3 is 1. The lowest BCUT2D eigenvalue weighted by atomic mass is 10.2. The van der Waals surface area contributed by atoms with Crippen molar-refractivity contribution < 1.29 is 9.53 Å². The first-order valence-corrected chi connectivity index (χ1v) is 5.41. The van der Waals surface area contributed by atoms with E-state index in [9.17, 15) is 4.79 Å². The molecule has 1 unspecified atom stereocenters. The van der Waals surface area contributed by atoms with E-state index in [0.717, 1.165) is 0 Å². The Morgan fingerprint density at radius 1 is 1.31 bits per heavy atom. The van der Waals surface area contributed by atoms with E-state index in [1.165, 1.54) is 7.11 Å². The highest BCUT2D eigenvalue weighted by Gasteiger charge is 2.17. The highest BCUT2D eigenvalue weighted by molar-refractivity contribution is 8.00. The van der Waals surface area contributed by atoms with Crippen LogP contribution in [0, 0.1) is 5.92 Å². The molecule has 0 aliphatic carbocycles. The predicted octanol–water partition coefficient (Wildman–Crippen LogP) is 2.47. The second kappa shape index (κ2) is 6.13. The Kier molecular flexibility index (Phi) is 5.95. The van der Waals surface area contributed by atoms with Crippen LogP contribution < -0.4 is 5.32 Å². The lowest BCUT2D eigenvalue weighted by Gasteiger charge is -2.22. The first-order chi connectivity index (χ1) is 5.97. The van der Waals surface area contributed by atoms with E-state index in [4.69, 9.17) is 0 Å². The van der Waals surface area contributed by atoms with Crippen LogP contribution >= 0.6 is 11.8 Å². The molecule has 0 spiro atoms. The smallest absolute Gasteiger partial charge is 0.407 e. The fraction of sp³-hybridized carbons (Fsp3) is 0.889. The standard InChI is InChI=1S/C9H19NO2S/c1-6(2)8(13-7(3)4)10-9(11)12-5/h6-8H,1-5H3,(H,10,11). The van der Waals surface area contributed by atoms with Gasteiger partial charge in [0, 0.05) is 5.25 Å². The Morgan fingerprint density at radius 2 is 1.85 bits per heavy atom. The van der Waals surface area contributed by atoms with Crippen molar-refractivity contribution >= 4 is 17.9 Å². The quantitative estimate of drug-likeness (QED) is 0.716. The van der Waals surface area contributed by atoms with Crippen LogP contribution in [0.2, 0.25) is 0 Å². The van der Waals surface area contributed by atoms with E-state index in [1.807, 2.05) is 0 Å². The van der Waals surface area contributed by atoms with Crippen molar-refractivity contribution in [3.63, 3.8) is 0 Å². The number of nitrogens with one attached hydrogen (secondary N) is 1. The topological polar surface area (TPSA) is 38.3 Å². The van der Waals surface area contributed by atoms with Crippen LogP contribution in [0.5, 0.6) is 0 Å². The summed E-state index contributed by atoms with van der Waals surface area (Å²) in [6.45, 7) is 8.38. The Hall–Kier alpha value is -0.380. The summed E-state index contributed by atoms with van der Waals surface area (Å²) < 4.78 is 4.55. The molecule has 0 aliphatic rings. The molecule has 0 aromatic carbocycles. The Morgan fingerprint density at radius 3 is 2.15 bits per heavy atom. The van der Waals surface area contributed by atoms with E-state index in [1.54, 1.807) is 11.8 Å². The molecular formula is C9H19NO2S. The van der Waals surface area contributed by atoms with Gasteiger partial charge in [-0.25, -0.2) is 4.79 Å². The fourth-order valence-electron chi connectivity index (χ4n) is 0.826. The lowest BCUT2D eigenvalue weighted by molar-refractivity contribution is 0.168. The van der Waals surface area contributed by atoms with Gasteiger partial charge in [0.25, 0.3) is 0 Å². The van der Waals surface area contributed by atoms with Gasteiger partial charge in [-0.15, -0.1) is 11.8 Å². The average Bonchev–Trinajstić information content (AvgIpc) is 2.02. The van der Waals surface area contributed by atoms with Gasteiger partial charge in [-0.05, 0) is 5.92 Å². The van der Waals surface area contributed by atoms with E-state index in [-0.39, 0.29) is 11.5 Å². The van der Waals surface area contributed by atoms with Gasteiger partial charge in [0.2, 0.25) is 0 Å². The molecule has 0 radical (unpaired) electrons. The molecule has 0 aromatic rings. The lowest BCUT2D eigenvalue weighted by Crippen LogP contribution is -2.36. The van der Waals surface area contributed by atoms with Crippen molar-refractivity contribution in [2.75, 3.05) is 7.11 Å². The first kappa shape index (κ1) is 12.6. The van der Waals surface area contributed by atoms with Gasteiger partial charge in [0.05, 0.1) is 12.5 Å². The number of rotatable bonds is 4. The van der Waals surface area contributed by atoms with Crippen molar-refractivity contribution in [1.29, 1.82) is 0 Å². The van der Waals surface area contributed by atoms with Gasteiger partial charge in [0.15, 0.2) is 0 Å². The third kappa shape index (κ3) is 5.80. The number of amides is 1. The molecule has 0 aromatic heterocycles.